The molecule has 0 aromatic carbocycles. The third kappa shape index (κ3) is 2.40. The maximum absolute atomic E-state index is 2.51. The van der Waals surface area contributed by atoms with Crippen LogP contribution >= 0.6 is 0 Å². The molecule has 0 fully saturated rings. The highest BCUT2D eigenvalue weighted by Crippen LogP contribution is 2.29. The van der Waals surface area contributed by atoms with Crippen LogP contribution in [0.2, 0.25) is 0 Å². The molecule has 0 aromatic heterocycles. The van der Waals surface area contributed by atoms with Crippen molar-refractivity contribution >= 4 is 0 Å². The molecular formula is C13H23N. The Morgan fingerprint density at radius 2 is 2.07 bits per heavy atom. The lowest BCUT2D eigenvalue weighted by Crippen LogP contribution is -2.28. The molecule has 0 saturated carbocycles. The van der Waals surface area contributed by atoms with Crippen LogP contribution < -0.4 is 0 Å². The number of rotatable bonds is 1. The van der Waals surface area contributed by atoms with Crippen LogP contribution in [0, 0.1) is 0 Å². The normalized spacial score (nSPS) is 20.1. The van der Waals surface area contributed by atoms with Gasteiger partial charge in [0.1, 0.15) is 0 Å². The summed E-state index contributed by atoms with van der Waals surface area (Å²) in [5, 5.41) is 0. The van der Waals surface area contributed by atoms with E-state index in [4.69, 9.17) is 0 Å². The van der Waals surface area contributed by atoms with Gasteiger partial charge in [0.15, 0.2) is 0 Å². The molecule has 1 heteroatoms. The van der Waals surface area contributed by atoms with Crippen LogP contribution in [0.15, 0.2) is 23.4 Å². The van der Waals surface area contributed by atoms with E-state index in [1.807, 2.05) is 13.8 Å². The Hall–Kier alpha value is -0.720. The maximum Gasteiger partial charge on any atom is 0.0354 e. The highest BCUT2D eigenvalue weighted by atomic mass is 15.1. The Morgan fingerprint density at radius 3 is 2.79 bits per heavy atom. The molecule has 0 aromatic rings. The summed E-state index contributed by atoms with van der Waals surface area (Å²) in [7, 11) is 0. The Kier molecular flexibility index (Phi) is 4.78. The SMILES string of the molecule is CC.CCN1CCCC2=C1C=CCC2. The third-order valence-corrected chi connectivity index (χ3v) is 2.88. The molecule has 1 aliphatic carbocycles. The molecule has 1 heterocycles. The van der Waals surface area contributed by atoms with E-state index < -0.39 is 0 Å². The molecule has 2 rings (SSSR count). The summed E-state index contributed by atoms with van der Waals surface area (Å²) in [6, 6.07) is 0. The van der Waals surface area contributed by atoms with Crippen molar-refractivity contribution in [2.24, 2.45) is 0 Å². The topological polar surface area (TPSA) is 3.24 Å². The van der Waals surface area contributed by atoms with E-state index >= 15 is 0 Å². The van der Waals surface area contributed by atoms with Crippen LogP contribution in [0.1, 0.15) is 46.5 Å². The molecule has 0 spiro atoms. The molecule has 14 heavy (non-hydrogen) atoms. The van der Waals surface area contributed by atoms with Crippen molar-refractivity contribution in [2.45, 2.75) is 46.5 Å². The van der Waals surface area contributed by atoms with Gasteiger partial charge in [-0.3, -0.25) is 0 Å². The zero-order valence-corrected chi connectivity index (χ0v) is 9.84. The predicted octanol–water partition coefficient (Wildman–Crippen LogP) is 3.73. The summed E-state index contributed by atoms with van der Waals surface area (Å²) in [4.78, 5) is 2.51. The largest absolute Gasteiger partial charge is 0.372 e. The minimum atomic E-state index is 1.17. The fourth-order valence-electron chi connectivity index (χ4n) is 2.21. The first-order valence-electron chi connectivity index (χ1n) is 6.05. The molecule has 0 unspecified atom stereocenters. The smallest absolute Gasteiger partial charge is 0.0354 e. The number of allylic oxidation sites excluding steroid dienone is 3. The molecule has 1 aliphatic heterocycles. The Labute approximate surface area is 88.5 Å². The van der Waals surface area contributed by atoms with Gasteiger partial charge in [-0.15, -0.1) is 0 Å². The van der Waals surface area contributed by atoms with Crippen molar-refractivity contribution in [3.8, 4) is 0 Å². The molecule has 80 valence electrons. The van der Waals surface area contributed by atoms with Gasteiger partial charge in [0.25, 0.3) is 0 Å². The molecule has 2 aliphatic rings. The fourth-order valence-corrected chi connectivity index (χ4v) is 2.21. The fraction of sp³-hybridized carbons (Fsp3) is 0.692. The van der Waals surface area contributed by atoms with Gasteiger partial charge in [-0.2, -0.15) is 0 Å². The summed E-state index contributed by atoms with van der Waals surface area (Å²) in [5.41, 5.74) is 3.24. The van der Waals surface area contributed by atoms with Gasteiger partial charge >= 0.3 is 0 Å². The van der Waals surface area contributed by atoms with Gasteiger partial charge < -0.3 is 4.90 Å². The summed E-state index contributed by atoms with van der Waals surface area (Å²) in [5.74, 6) is 0. The second kappa shape index (κ2) is 5.90. The molecule has 0 amide bonds. The third-order valence-electron chi connectivity index (χ3n) is 2.88. The second-order valence-electron chi connectivity index (χ2n) is 3.61. The van der Waals surface area contributed by atoms with Crippen LogP contribution in [0.3, 0.4) is 0 Å². The van der Waals surface area contributed by atoms with Crippen molar-refractivity contribution in [3.63, 3.8) is 0 Å². The lowest BCUT2D eigenvalue weighted by Gasteiger charge is -2.33. The van der Waals surface area contributed by atoms with Gasteiger partial charge in [-0.1, -0.05) is 19.9 Å². The van der Waals surface area contributed by atoms with E-state index in [-0.39, 0.29) is 0 Å². The average Bonchev–Trinajstić information content (AvgIpc) is 2.31. The number of nitrogens with zero attached hydrogens (tertiary/aromatic N) is 1. The van der Waals surface area contributed by atoms with Gasteiger partial charge in [0, 0.05) is 18.8 Å². The lowest BCUT2D eigenvalue weighted by molar-refractivity contribution is 0.337. The first-order chi connectivity index (χ1) is 6.92. The molecule has 0 radical (unpaired) electrons. The van der Waals surface area contributed by atoms with Crippen LogP contribution in [0.4, 0.5) is 0 Å². The van der Waals surface area contributed by atoms with Gasteiger partial charge in [-0.25, -0.2) is 0 Å². The van der Waals surface area contributed by atoms with Crippen LogP contribution in [-0.2, 0) is 0 Å². The van der Waals surface area contributed by atoms with Gasteiger partial charge in [-0.05, 0) is 44.3 Å². The Balaban J connectivity index is 0.000000461. The lowest BCUT2D eigenvalue weighted by atomic mass is 9.94. The molecule has 0 saturated heterocycles. The summed E-state index contributed by atoms with van der Waals surface area (Å²) in [6.07, 6.45) is 9.91. The van der Waals surface area contributed by atoms with E-state index in [9.17, 15) is 0 Å². The maximum atomic E-state index is 2.51. The van der Waals surface area contributed by atoms with E-state index in [0.717, 1.165) is 0 Å². The zero-order valence-electron chi connectivity index (χ0n) is 9.84. The standard InChI is InChI=1S/C11H17N.C2H6/c1-2-12-9-5-7-10-6-3-4-8-11(10)12;1-2/h4,8H,2-3,5-7,9H2,1H3;1-2H3. The Morgan fingerprint density at radius 1 is 1.29 bits per heavy atom. The van der Waals surface area contributed by atoms with Crippen molar-refractivity contribution in [1.29, 1.82) is 0 Å². The number of hydrogen-bond acceptors (Lipinski definition) is 1. The summed E-state index contributed by atoms with van der Waals surface area (Å²) >= 11 is 0. The summed E-state index contributed by atoms with van der Waals surface area (Å²) < 4.78 is 0. The van der Waals surface area contributed by atoms with Crippen LogP contribution in [0.25, 0.3) is 0 Å². The number of hydrogen-bond donors (Lipinski definition) is 0. The molecule has 0 atom stereocenters. The average molecular weight is 193 g/mol. The molecule has 1 nitrogen and oxygen atoms in total. The van der Waals surface area contributed by atoms with E-state index in [1.165, 1.54) is 44.5 Å². The molecule has 0 N–H and O–H groups in total. The minimum absolute atomic E-state index is 1.17. The van der Waals surface area contributed by atoms with Gasteiger partial charge in [0.2, 0.25) is 0 Å². The highest BCUT2D eigenvalue weighted by molar-refractivity contribution is 5.30. The van der Waals surface area contributed by atoms with E-state index in [1.54, 1.807) is 5.57 Å². The van der Waals surface area contributed by atoms with Crippen molar-refractivity contribution < 1.29 is 0 Å². The summed E-state index contributed by atoms with van der Waals surface area (Å²) in [6.45, 7) is 8.68. The monoisotopic (exact) mass is 193 g/mol. The van der Waals surface area contributed by atoms with Crippen molar-refractivity contribution in [3.05, 3.63) is 23.4 Å². The Bertz CT molecular complexity index is 225. The number of likely N-dealkylation sites (N-methyl/N-ethyl adjacent to an activating group) is 1. The van der Waals surface area contributed by atoms with Crippen LogP contribution in [0.5, 0.6) is 0 Å². The highest BCUT2D eigenvalue weighted by Gasteiger charge is 2.17. The predicted molar refractivity (Wildman–Crippen MR) is 63.2 cm³/mol. The quantitative estimate of drug-likeness (QED) is 0.613. The second-order valence-corrected chi connectivity index (χ2v) is 3.61. The molecular weight excluding hydrogens is 170 g/mol. The first kappa shape index (κ1) is 11.4. The van der Waals surface area contributed by atoms with Crippen LogP contribution in [-0.4, -0.2) is 18.0 Å². The van der Waals surface area contributed by atoms with Crippen molar-refractivity contribution in [1.82, 2.24) is 4.90 Å². The molecule has 0 bridgehead atoms. The minimum Gasteiger partial charge on any atom is -0.372 e. The van der Waals surface area contributed by atoms with E-state index in [2.05, 4.69) is 24.0 Å². The zero-order chi connectivity index (χ0) is 10.4. The first-order valence-corrected chi connectivity index (χ1v) is 6.05. The van der Waals surface area contributed by atoms with Gasteiger partial charge in [0.05, 0.1) is 0 Å². The van der Waals surface area contributed by atoms with E-state index in [0.29, 0.717) is 0 Å². The van der Waals surface area contributed by atoms with Crippen molar-refractivity contribution in [2.75, 3.05) is 13.1 Å².